The highest BCUT2D eigenvalue weighted by Crippen LogP contribution is 2.30. The highest BCUT2D eigenvalue weighted by Gasteiger charge is 2.15. The third kappa shape index (κ3) is 3.14. The van der Waals surface area contributed by atoms with E-state index in [1.807, 2.05) is 0 Å². The van der Waals surface area contributed by atoms with E-state index in [4.69, 9.17) is 9.84 Å². The number of benzene rings is 1. The molecule has 108 valence electrons. The molecule has 0 fully saturated rings. The highest BCUT2D eigenvalue weighted by molar-refractivity contribution is 5.85. The Kier molecular flexibility index (Phi) is 3.84. The third-order valence-corrected chi connectivity index (χ3v) is 2.85. The van der Waals surface area contributed by atoms with E-state index in [9.17, 15) is 14.9 Å². The lowest BCUT2D eigenvalue weighted by Crippen LogP contribution is -2.01. The normalized spacial score (nSPS) is 10.2. The van der Waals surface area contributed by atoms with Crippen molar-refractivity contribution in [3.05, 3.63) is 57.3 Å². The number of nitro groups is 1. The fourth-order valence-corrected chi connectivity index (χ4v) is 1.78. The van der Waals surface area contributed by atoms with E-state index in [0.717, 1.165) is 0 Å². The Balaban J connectivity index is 2.36. The van der Waals surface area contributed by atoms with Crippen LogP contribution >= 0.6 is 0 Å². The maximum atomic E-state index is 10.9. The van der Waals surface area contributed by atoms with Crippen LogP contribution in [0.2, 0.25) is 0 Å². The summed E-state index contributed by atoms with van der Waals surface area (Å²) in [5.41, 5.74) is 0.890. The van der Waals surface area contributed by atoms with Crippen molar-refractivity contribution in [1.29, 1.82) is 0 Å². The van der Waals surface area contributed by atoms with Gasteiger partial charge in [0, 0.05) is 17.7 Å². The number of nitro benzene ring substituents is 1. The SMILES string of the molecule is Cc1cc([N+](=O)[O-])c(C)cc1Oc1cccc(C(=O)O)n1. The van der Waals surface area contributed by atoms with Gasteiger partial charge in [0.25, 0.3) is 5.69 Å². The van der Waals surface area contributed by atoms with Crippen LogP contribution in [0.25, 0.3) is 0 Å². The number of pyridine rings is 1. The van der Waals surface area contributed by atoms with Crippen molar-refractivity contribution in [2.75, 3.05) is 0 Å². The number of aryl methyl sites for hydroxylation is 2. The lowest BCUT2D eigenvalue weighted by atomic mass is 10.1. The van der Waals surface area contributed by atoms with Gasteiger partial charge in [-0.05, 0) is 31.5 Å². The zero-order valence-corrected chi connectivity index (χ0v) is 11.4. The number of hydrogen-bond donors (Lipinski definition) is 1. The van der Waals surface area contributed by atoms with Crippen LogP contribution in [0, 0.1) is 24.0 Å². The van der Waals surface area contributed by atoms with Gasteiger partial charge in [0.15, 0.2) is 5.69 Å². The first-order valence-corrected chi connectivity index (χ1v) is 6.02. The molecule has 1 N–H and O–H groups in total. The molecule has 1 aromatic heterocycles. The van der Waals surface area contributed by atoms with Gasteiger partial charge in [-0.2, -0.15) is 0 Å². The fourth-order valence-electron chi connectivity index (χ4n) is 1.78. The van der Waals surface area contributed by atoms with Crippen molar-refractivity contribution in [1.82, 2.24) is 4.98 Å². The Hall–Kier alpha value is -2.96. The number of aromatic carboxylic acids is 1. The summed E-state index contributed by atoms with van der Waals surface area (Å²) >= 11 is 0. The third-order valence-electron chi connectivity index (χ3n) is 2.85. The van der Waals surface area contributed by atoms with Crippen LogP contribution in [0.4, 0.5) is 5.69 Å². The molecule has 2 aromatic rings. The van der Waals surface area contributed by atoms with Crippen molar-refractivity contribution in [2.45, 2.75) is 13.8 Å². The summed E-state index contributed by atoms with van der Waals surface area (Å²) in [5, 5.41) is 19.7. The first kappa shape index (κ1) is 14.4. The first-order valence-electron chi connectivity index (χ1n) is 6.02. The Morgan fingerprint density at radius 2 is 2.00 bits per heavy atom. The summed E-state index contributed by atoms with van der Waals surface area (Å²) in [6.07, 6.45) is 0. The maximum absolute atomic E-state index is 10.9. The van der Waals surface area contributed by atoms with E-state index in [-0.39, 0.29) is 17.3 Å². The molecule has 0 aliphatic heterocycles. The molecule has 2 rings (SSSR count). The quantitative estimate of drug-likeness (QED) is 0.685. The largest absolute Gasteiger partial charge is 0.477 e. The summed E-state index contributed by atoms with van der Waals surface area (Å²) in [4.78, 5) is 25.1. The van der Waals surface area contributed by atoms with Crippen LogP contribution in [0.3, 0.4) is 0 Å². The van der Waals surface area contributed by atoms with Gasteiger partial charge in [0.2, 0.25) is 5.88 Å². The maximum Gasteiger partial charge on any atom is 0.354 e. The molecule has 0 amide bonds. The Labute approximate surface area is 120 Å². The lowest BCUT2D eigenvalue weighted by Gasteiger charge is -2.09. The minimum atomic E-state index is -1.16. The highest BCUT2D eigenvalue weighted by atomic mass is 16.6. The van der Waals surface area contributed by atoms with Gasteiger partial charge in [-0.15, -0.1) is 0 Å². The number of aromatic nitrogens is 1. The van der Waals surface area contributed by atoms with Crippen LogP contribution < -0.4 is 4.74 Å². The molecule has 0 atom stereocenters. The molecule has 1 heterocycles. The van der Waals surface area contributed by atoms with Crippen molar-refractivity contribution in [3.63, 3.8) is 0 Å². The summed E-state index contributed by atoms with van der Waals surface area (Å²) in [6, 6.07) is 7.32. The zero-order chi connectivity index (χ0) is 15.6. The minimum Gasteiger partial charge on any atom is -0.477 e. The van der Waals surface area contributed by atoms with Gasteiger partial charge in [0.05, 0.1) is 4.92 Å². The predicted molar refractivity (Wildman–Crippen MR) is 73.8 cm³/mol. The minimum absolute atomic E-state index is 0.00657. The topological polar surface area (TPSA) is 103 Å². The molecule has 21 heavy (non-hydrogen) atoms. The zero-order valence-electron chi connectivity index (χ0n) is 11.4. The molecule has 0 spiro atoms. The van der Waals surface area contributed by atoms with Gasteiger partial charge in [-0.25, -0.2) is 9.78 Å². The average Bonchev–Trinajstić information content (AvgIpc) is 2.42. The molecule has 0 aliphatic carbocycles. The van der Waals surface area contributed by atoms with Gasteiger partial charge < -0.3 is 9.84 Å². The number of ether oxygens (including phenoxy) is 1. The fraction of sp³-hybridized carbons (Fsp3) is 0.143. The van der Waals surface area contributed by atoms with Crippen LogP contribution in [0.1, 0.15) is 21.6 Å². The Morgan fingerprint density at radius 3 is 2.62 bits per heavy atom. The molecular formula is C14H12N2O5. The molecule has 0 saturated carbocycles. The van der Waals surface area contributed by atoms with Crippen molar-refractivity contribution in [2.24, 2.45) is 0 Å². The average molecular weight is 288 g/mol. The molecule has 0 radical (unpaired) electrons. The van der Waals surface area contributed by atoms with Crippen molar-refractivity contribution in [3.8, 4) is 11.6 Å². The van der Waals surface area contributed by atoms with Crippen molar-refractivity contribution < 1.29 is 19.6 Å². The predicted octanol–water partition coefficient (Wildman–Crippen LogP) is 3.10. The Bertz CT molecular complexity index is 727. The summed E-state index contributed by atoms with van der Waals surface area (Å²) < 4.78 is 5.52. The van der Waals surface area contributed by atoms with Gasteiger partial charge in [0.1, 0.15) is 5.75 Å². The van der Waals surface area contributed by atoms with Crippen LogP contribution in [-0.2, 0) is 0 Å². The molecule has 0 saturated heterocycles. The Morgan fingerprint density at radius 1 is 1.29 bits per heavy atom. The van der Waals surface area contributed by atoms with Gasteiger partial charge in [-0.1, -0.05) is 6.07 Å². The van der Waals surface area contributed by atoms with E-state index in [2.05, 4.69) is 4.98 Å². The van der Waals surface area contributed by atoms with Gasteiger partial charge in [-0.3, -0.25) is 10.1 Å². The molecule has 1 aromatic carbocycles. The molecule has 0 bridgehead atoms. The first-order chi connectivity index (χ1) is 9.88. The smallest absolute Gasteiger partial charge is 0.354 e. The number of carbonyl (C=O) groups is 1. The van der Waals surface area contributed by atoms with Crippen LogP contribution in [0.5, 0.6) is 11.6 Å². The van der Waals surface area contributed by atoms with E-state index >= 15 is 0 Å². The van der Waals surface area contributed by atoms with E-state index in [1.54, 1.807) is 13.8 Å². The second-order valence-electron chi connectivity index (χ2n) is 4.43. The number of carboxylic acids is 1. The number of carboxylic acid groups (broad SMARTS) is 1. The lowest BCUT2D eigenvalue weighted by molar-refractivity contribution is -0.385. The number of nitrogens with zero attached hydrogens (tertiary/aromatic N) is 2. The van der Waals surface area contributed by atoms with Crippen LogP contribution in [-0.4, -0.2) is 21.0 Å². The summed E-state index contributed by atoms with van der Waals surface area (Å²) in [6.45, 7) is 3.27. The number of rotatable bonds is 4. The van der Waals surface area contributed by atoms with E-state index < -0.39 is 10.9 Å². The molecular weight excluding hydrogens is 276 g/mol. The van der Waals surface area contributed by atoms with E-state index in [1.165, 1.54) is 30.3 Å². The second-order valence-corrected chi connectivity index (χ2v) is 4.43. The van der Waals surface area contributed by atoms with Crippen LogP contribution in [0.15, 0.2) is 30.3 Å². The molecule has 0 aliphatic rings. The summed E-state index contributed by atoms with van der Waals surface area (Å²) in [5.74, 6) is -0.642. The van der Waals surface area contributed by atoms with Crippen molar-refractivity contribution >= 4 is 11.7 Å². The second kappa shape index (κ2) is 5.58. The molecule has 7 heteroatoms. The standard InChI is InChI=1S/C14H12N2O5/c1-8-7-12(9(2)6-11(8)16(19)20)21-13-5-3-4-10(15-13)14(17)18/h3-7H,1-2H3,(H,17,18). The number of hydrogen-bond acceptors (Lipinski definition) is 5. The molecule has 0 unspecified atom stereocenters. The monoisotopic (exact) mass is 288 g/mol. The molecule has 7 nitrogen and oxygen atoms in total. The van der Waals surface area contributed by atoms with E-state index in [0.29, 0.717) is 16.9 Å². The van der Waals surface area contributed by atoms with Gasteiger partial charge >= 0.3 is 5.97 Å². The summed E-state index contributed by atoms with van der Waals surface area (Å²) in [7, 11) is 0.